The molecule has 1 heterocycles. The highest BCUT2D eigenvalue weighted by Crippen LogP contribution is 2.35. The molecular weight excluding hydrogens is 303 g/mol. The third kappa shape index (κ3) is 3.88. The number of halogens is 1. The maximum atomic E-state index is 13.7. The minimum Gasteiger partial charge on any atom is -0.461 e. The number of carbonyl (C=O) groups is 1. The van der Waals surface area contributed by atoms with E-state index in [9.17, 15) is 9.18 Å². The maximum Gasteiger partial charge on any atom is 0.367 e. The van der Waals surface area contributed by atoms with Crippen molar-refractivity contribution in [1.29, 1.82) is 0 Å². The van der Waals surface area contributed by atoms with Gasteiger partial charge in [-0.15, -0.1) is 0 Å². The molecule has 1 aromatic rings. The van der Waals surface area contributed by atoms with Gasteiger partial charge in [-0.3, -0.25) is 4.99 Å². The van der Waals surface area contributed by atoms with Crippen LogP contribution < -0.4 is 5.73 Å². The first kappa shape index (κ1) is 16.5. The zero-order valence-electron chi connectivity index (χ0n) is 12.6. The fourth-order valence-electron chi connectivity index (χ4n) is 2.26. The van der Waals surface area contributed by atoms with Gasteiger partial charge in [0.25, 0.3) is 0 Å². The third-order valence-corrected chi connectivity index (χ3v) is 4.26. The van der Waals surface area contributed by atoms with Gasteiger partial charge < -0.3 is 10.5 Å². The molecule has 1 aliphatic rings. The minimum atomic E-state index is -0.949. The van der Waals surface area contributed by atoms with E-state index in [1.807, 2.05) is 25.1 Å². The van der Waals surface area contributed by atoms with Crippen LogP contribution in [-0.2, 0) is 15.1 Å². The van der Waals surface area contributed by atoms with Crippen molar-refractivity contribution in [2.75, 3.05) is 12.4 Å². The zero-order valence-corrected chi connectivity index (χ0v) is 13.5. The average Bonchev–Trinajstić information content (AvgIpc) is 2.47. The van der Waals surface area contributed by atoms with Crippen LogP contribution >= 0.6 is 11.8 Å². The standard InChI is InChI=1S/C16H19FN2O2S/c1-3-21-14(20)13(17)10-11-5-4-6-12(9-11)16(2)7-8-22-15(18)19-16/h4-6,9-10H,3,7-8H2,1-2H3,(H2,18,19)/b13-10+. The Hall–Kier alpha value is -1.82. The van der Waals surface area contributed by atoms with Crippen LogP contribution in [0.4, 0.5) is 4.39 Å². The molecule has 0 saturated heterocycles. The van der Waals surface area contributed by atoms with Gasteiger partial charge in [-0.05, 0) is 43.5 Å². The van der Waals surface area contributed by atoms with Gasteiger partial charge in [0.2, 0.25) is 5.83 Å². The van der Waals surface area contributed by atoms with Crippen molar-refractivity contribution in [3.05, 3.63) is 41.2 Å². The second-order valence-electron chi connectivity index (χ2n) is 5.16. The number of benzene rings is 1. The molecular formula is C16H19FN2O2S. The number of rotatable bonds is 4. The van der Waals surface area contributed by atoms with Crippen molar-refractivity contribution in [3.8, 4) is 0 Å². The van der Waals surface area contributed by atoms with Gasteiger partial charge >= 0.3 is 5.97 Å². The Labute approximate surface area is 133 Å². The van der Waals surface area contributed by atoms with E-state index >= 15 is 0 Å². The summed E-state index contributed by atoms with van der Waals surface area (Å²) in [5.74, 6) is -0.967. The second-order valence-corrected chi connectivity index (χ2v) is 6.28. The molecule has 0 saturated carbocycles. The largest absolute Gasteiger partial charge is 0.461 e. The van der Waals surface area contributed by atoms with E-state index in [1.165, 1.54) is 17.8 Å². The topological polar surface area (TPSA) is 64.7 Å². The van der Waals surface area contributed by atoms with Crippen molar-refractivity contribution >= 4 is 29.0 Å². The van der Waals surface area contributed by atoms with Crippen LogP contribution in [0.5, 0.6) is 0 Å². The van der Waals surface area contributed by atoms with Crippen LogP contribution in [0.25, 0.3) is 6.08 Å². The first-order valence-electron chi connectivity index (χ1n) is 7.07. The Morgan fingerprint density at radius 3 is 3.05 bits per heavy atom. The highest BCUT2D eigenvalue weighted by Gasteiger charge is 2.29. The molecule has 2 N–H and O–H groups in total. The van der Waals surface area contributed by atoms with Crippen molar-refractivity contribution < 1.29 is 13.9 Å². The summed E-state index contributed by atoms with van der Waals surface area (Å²) >= 11 is 1.53. The summed E-state index contributed by atoms with van der Waals surface area (Å²) in [4.78, 5) is 15.9. The molecule has 0 aliphatic carbocycles. The number of thioether (sulfide) groups is 1. The first-order chi connectivity index (χ1) is 10.4. The molecule has 22 heavy (non-hydrogen) atoms. The van der Waals surface area contributed by atoms with Crippen molar-refractivity contribution in [2.45, 2.75) is 25.8 Å². The number of esters is 1. The molecule has 1 aromatic carbocycles. The molecule has 1 atom stereocenters. The number of amidine groups is 1. The van der Waals surface area contributed by atoms with E-state index in [0.717, 1.165) is 17.7 Å². The molecule has 118 valence electrons. The molecule has 0 aromatic heterocycles. The summed E-state index contributed by atoms with van der Waals surface area (Å²) in [5, 5.41) is 0.562. The van der Waals surface area contributed by atoms with Crippen molar-refractivity contribution in [3.63, 3.8) is 0 Å². The number of aliphatic imine (C=N–C) groups is 1. The lowest BCUT2D eigenvalue weighted by atomic mass is 9.89. The van der Waals surface area contributed by atoms with Crippen molar-refractivity contribution in [1.82, 2.24) is 0 Å². The smallest absolute Gasteiger partial charge is 0.367 e. The Balaban J connectivity index is 2.29. The Morgan fingerprint density at radius 2 is 2.36 bits per heavy atom. The number of ether oxygens (including phenoxy) is 1. The zero-order chi connectivity index (χ0) is 16.2. The van der Waals surface area contributed by atoms with E-state index in [2.05, 4.69) is 9.73 Å². The van der Waals surface area contributed by atoms with E-state index in [1.54, 1.807) is 13.0 Å². The lowest BCUT2D eigenvalue weighted by Crippen LogP contribution is -2.28. The summed E-state index contributed by atoms with van der Waals surface area (Å²) in [6, 6.07) is 7.31. The molecule has 1 aliphatic heterocycles. The molecule has 0 radical (unpaired) electrons. The summed E-state index contributed by atoms with van der Waals surface area (Å²) in [6.07, 6.45) is 2.03. The quantitative estimate of drug-likeness (QED) is 0.683. The van der Waals surface area contributed by atoms with Gasteiger partial charge in [0, 0.05) is 5.75 Å². The maximum absolute atomic E-state index is 13.7. The summed E-state index contributed by atoms with van der Waals surface area (Å²) in [5.41, 5.74) is 6.94. The molecule has 0 amide bonds. The summed E-state index contributed by atoms with van der Waals surface area (Å²) < 4.78 is 18.4. The van der Waals surface area contributed by atoms with Gasteiger partial charge in [0.15, 0.2) is 5.17 Å². The van der Waals surface area contributed by atoms with E-state index in [4.69, 9.17) is 5.73 Å². The van der Waals surface area contributed by atoms with Crippen LogP contribution in [-0.4, -0.2) is 23.5 Å². The minimum absolute atomic E-state index is 0.143. The lowest BCUT2D eigenvalue weighted by Gasteiger charge is -2.29. The summed E-state index contributed by atoms with van der Waals surface area (Å²) in [6.45, 7) is 3.78. The van der Waals surface area contributed by atoms with Gasteiger partial charge in [-0.2, -0.15) is 4.39 Å². The van der Waals surface area contributed by atoms with Gasteiger partial charge in [-0.25, -0.2) is 4.79 Å². The van der Waals surface area contributed by atoms with Crippen LogP contribution in [0.15, 0.2) is 35.1 Å². The lowest BCUT2D eigenvalue weighted by molar-refractivity contribution is -0.140. The molecule has 0 spiro atoms. The van der Waals surface area contributed by atoms with E-state index in [-0.39, 0.29) is 6.61 Å². The monoisotopic (exact) mass is 322 g/mol. The fraction of sp³-hybridized carbons (Fsp3) is 0.375. The highest BCUT2D eigenvalue weighted by atomic mass is 32.2. The van der Waals surface area contributed by atoms with Crippen molar-refractivity contribution in [2.24, 2.45) is 10.7 Å². The molecule has 6 heteroatoms. The predicted octanol–water partition coefficient (Wildman–Crippen LogP) is 3.23. The Bertz CT molecular complexity index is 630. The Morgan fingerprint density at radius 1 is 1.59 bits per heavy atom. The van der Waals surface area contributed by atoms with Crippen LogP contribution in [0.1, 0.15) is 31.4 Å². The van der Waals surface area contributed by atoms with Gasteiger partial charge in [0.1, 0.15) is 0 Å². The Kier molecular flexibility index (Phi) is 5.24. The number of nitrogens with zero attached hydrogens (tertiary/aromatic N) is 1. The number of carbonyl (C=O) groups excluding carboxylic acids is 1. The second kappa shape index (κ2) is 6.96. The van der Waals surface area contributed by atoms with Gasteiger partial charge in [-0.1, -0.05) is 30.0 Å². The van der Waals surface area contributed by atoms with E-state index in [0.29, 0.717) is 10.7 Å². The first-order valence-corrected chi connectivity index (χ1v) is 8.06. The molecule has 1 unspecified atom stereocenters. The number of hydrogen-bond donors (Lipinski definition) is 1. The van der Waals surface area contributed by atoms with Gasteiger partial charge in [0.05, 0.1) is 12.1 Å². The normalized spacial score (nSPS) is 22.1. The predicted molar refractivity (Wildman–Crippen MR) is 88.2 cm³/mol. The molecule has 0 bridgehead atoms. The average molecular weight is 322 g/mol. The fourth-order valence-corrected chi connectivity index (χ4v) is 3.24. The van der Waals surface area contributed by atoms with Crippen LogP contribution in [0.3, 0.4) is 0 Å². The third-order valence-electron chi connectivity index (χ3n) is 3.47. The molecule has 4 nitrogen and oxygen atoms in total. The SMILES string of the molecule is CCOC(=O)/C(F)=C\c1cccc(C2(C)CCSC(N)=N2)c1. The summed E-state index contributed by atoms with van der Waals surface area (Å²) in [7, 11) is 0. The van der Waals surface area contributed by atoms with E-state index < -0.39 is 17.3 Å². The highest BCUT2D eigenvalue weighted by molar-refractivity contribution is 8.13. The molecule has 0 fully saturated rings. The number of nitrogens with two attached hydrogens (primary N) is 1. The number of hydrogen-bond acceptors (Lipinski definition) is 5. The molecule has 2 rings (SSSR count). The van der Waals surface area contributed by atoms with Crippen LogP contribution in [0, 0.1) is 0 Å². The van der Waals surface area contributed by atoms with Crippen LogP contribution in [0.2, 0.25) is 0 Å².